The van der Waals surface area contributed by atoms with Gasteiger partial charge in [-0.2, -0.15) is 0 Å². The van der Waals surface area contributed by atoms with Gasteiger partial charge in [0.25, 0.3) is 0 Å². The number of aromatic nitrogens is 1. The molecule has 0 saturated carbocycles. The molecule has 1 aliphatic rings. The van der Waals surface area contributed by atoms with Gasteiger partial charge in [0.2, 0.25) is 5.91 Å². The van der Waals surface area contributed by atoms with E-state index in [1.165, 1.54) is 11.3 Å². The van der Waals surface area contributed by atoms with E-state index in [9.17, 15) is 9.90 Å². The van der Waals surface area contributed by atoms with Gasteiger partial charge in [-0.15, -0.1) is 11.3 Å². The third kappa shape index (κ3) is 3.82. The summed E-state index contributed by atoms with van der Waals surface area (Å²) >= 11 is 1.49. The van der Waals surface area contributed by atoms with Crippen molar-refractivity contribution in [2.24, 2.45) is 5.92 Å². The van der Waals surface area contributed by atoms with Gasteiger partial charge >= 0.3 is 0 Å². The van der Waals surface area contributed by atoms with Crippen LogP contribution in [0, 0.1) is 12.8 Å². The van der Waals surface area contributed by atoms with E-state index < -0.39 is 0 Å². The molecule has 2 rings (SSSR count). The Labute approximate surface area is 140 Å². The van der Waals surface area contributed by atoms with Crippen LogP contribution in [0.3, 0.4) is 0 Å². The van der Waals surface area contributed by atoms with Gasteiger partial charge in [0.15, 0.2) is 5.13 Å². The molecule has 0 aromatic carbocycles. The highest BCUT2D eigenvalue weighted by atomic mass is 32.1. The van der Waals surface area contributed by atoms with Crippen LogP contribution < -0.4 is 4.90 Å². The maximum atomic E-state index is 12.1. The summed E-state index contributed by atoms with van der Waals surface area (Å²) in [6, 6.07) is 0. The first kappa shape index (κ1) is 17.3. The summed E-state index contributed by atoms with van der Waals surface area (Å²) in [6.45, 7) is 5.73. The molecular weight excluding hydrogens is 312 g/mol. The number of aliphatic hydroxyl groups is 1. The quantitative estimate of drug-likeness (QED) is 0.909. The zero-order valence-electron chi connectivity index (χ0n) is 14.1. The summed E-state index contributed by atoms with van der Waals surface area (Å²) in [5.74, 6) is 0.781. The van der Waals surface area contributed by atoms with Crippen molar-refractivity contribution in [2.75, 3.05) is 19.1 Å². The number of rotatable bonds is 4. The molecule has 1 amide bonds. The predicted octanol–water partition coefficient (Wildman–Crippen LogP) is 3.83. The molecule has 124 valence electrons. The molecule has 1 aromatic heterocycles. The molecule has 1 aliphatic carbocycles. The zero-order valence-corrected chi connectivity index (χ0v) is 14.9. The average molecular weight is 334 g/mol. The molecule has 1 aromatic rings. The Morgan fingerprint density at radius 2 is 2.13 bits per heavy atom. The Hall–Kier alpha value is -2.08. The van der Waals surface area contributed by atoms with Crippen molar-refractivity contribution >= 4 is 27.9 Å². The number of thiazole rings is 1. The normalized spacial score (nSPS) is 14.8. The monoisotopic (exact) mass is 334 g/mol. The summed E-state index contributed by atoms with van der Waals surface area (Å²) in [5.41, 5.74) is 1.79. The minimum atomic E-state index is -0.0762. The number of carbonyl (C=O) groups is 1. The van der Waals surface area contributed by atoms with E-state index in [0.717, 1.165) is 16.1 Å². The van der Waals surface area contributed by atoms with Gasteiger partial charge in [0.1, 0.15) is 11.5 Å². The lowest BCUT2D eigenvalue weighted by Gasteiger charge is -2.15. The van der Waals surface area contributed by atoms with Crippen molar-refractivity contribution in [1.82, 2.24) is 4.98 Å². The van der Waals surface area contributed by atoms with Crippen molar-refractivity contribution in [3.63, 3.8) is 0 Å². The fraction of sp³-hybridized carbons (Fsp3) is 0.412. The van der Waals surface area contributed by atoms with Gasteiger partial charge < -0.3 is 9.84 Å². The van der Waals surface area contributed by atoms with Gasteiger partial charge in [-0.3, -0.25) is 9.69 Å². The molecule has 0 saturated heterocycles. The molecule has 0 radical (unpaired) electrons. The van der Waals surface area contributed by atoms with Gasteiger partial charge in [-0.1, -0.05) is 19.9 Å². The SMILES string of the molecule is COC1=CC(O)=CC=C(c2nc(N(C)C(=O)C(C)C)sc2C)C1. The molecule has 6 heteroatoms. The summed E-state index contributed by atoms with van der Waals surface area (Å²) in [5, 5.41) is 10.4. The highest BCUT2D eigenvalue weighted by molar-refractivity contribution is 7.16. The summed E-state index contributed by atoms with van der Waals surface area (Å²) in [4.78, 5) is 19.4. The number of hydrogen-bond donors (Lipinski definition) is 1. The van der Waals surface area contributed by atoms with E-state index in [-0.39, 0.29) is 17.6 Å². The van der Waals surface area contributed by atoms with Crippen LogP contribution in [0.25, 0.3) is 5.57 Å². The summed E-state index contributed by atoms with van der Waals surface area (Å²) in [7, 11) is 3.33. The number of allylic oxidation sites excluding steroid dienone is 4. The van der Waals surface area contributed by atoms with Crippen LogP contribution in [0.2, 0.25) is 0 Å². The lowest BCUT2D eigenvalue weighted by molar-refractivity contribution is -0.121. The molecule has 0 unspecified atom stereocenters. The van der Waals surface area contributed by atoms with E-state index >= 15 is 0 Å². The predicted molar refractivity (Wildman–Crippen MR) is 93.5 cm³/mol. The highest BCUT2D eigenvalue weighted by Crippen LogP contribution is 2.34. The summed E-state index contributed by atoms with van der Waals surface area (Å²) in [6.07, 6.45) is 5.61. The lowest BCUT2D eigenvalue weighted by atomic mass is 10.1. The zero-order chi connectivity index (χ0) is 17.1. The van der Waals surface area contributed by atoms with Gasteiger partial charge in [-0.05, 0) is 18.6 Å². The minimum absolute atomic E-state index is 0.0372. The number of ether oxygens (including phenoxy) is 1. The van der Waals surface area contributed by atoms with Crippen LogP contribution >= 0.6 is 11.3 Å². The first-order valence-electron chi connectivity index (χ1n) is 7.43. The molecule has 0 bridgehead atoms. The number of carbonyl (C=O) groups excluding carboxylic acids is 1. The minimum Gasteiger partial charge on any atom is -0.508 e. The number of nitrogens with zero attached hydrogens (tertiary/aromatic N) is 2. The van der Waals surface area contributed by atoms with Gasteiger partial charge in [0.05, 0.1) is 12.8 Å². The van der Waals surface area contributed by atoms with Crippen LogP contribution in [0.5, 0.6) is 0 Å². The fourth-order valence-corrected chi connectivity index (χ4v) is 3.21. The molecule has 1 N–H and O–H groups in total. The topological polar surface area (TPSA) is 62.7 Å². The Morgan fingerprint density at radius 3 is 2.74 bits per heavy atom. The molecule has 0 spiro atoms. The molecule has 0 atom stereocenters. The Kier molecular flexibility index (Phi) is 5.26. The molecule has 0 aliphatic heterocycles. The number of hydrogen-bond acceptors (Lipinski definition) is 5. The Balaban J connectivity index is 2.35. The highest BCUT2D eigenvalue weighted by Gasteiger charge is 2.21. The second kappa shape index (κ2) is 7.00. The number of amides is 1. The van der Waals surface area contributed by atoms with Gasteiger partial charge in [0, 0.05) is 30.3 Å². The van der Waals surface area contributed by atoms with Crippen LogP contribution in [0.4, 0.5) is 5.13 Å². The maximum Gasteiger partial charge on any atom is 0.231 e. The number of aryl methyl sites for hydroxylation is 1. The number of methoxy groups -OCH3 is 1. The average Bonchev–Trinajstić information content (AvgIpc) is 2.79. The Morgan fingerprint density at radius 1 is 1.43 bits per heavy atom. The van der Waals surface area contributed by atoms with E-state index in [2.05, 4.69) is 4.98 Å². The van der Waals surface area contributed by atoms with Crippen molar-refractivity contribution in [3.8, 4) is 0 Å². The van der Waals surface area contributed by atoms with E-state index in [4.69, 9.17) is 4.74 Å². The lowest BCUT2D eigenvalue weighted by Crippen LogP contribution is -2.30. The third-order valence-electron chi connectivity index (χ3n) is 3.59. The Bertz CT molecular complexity index is 699. The van der Waals surface area contributed by atoms with E-state index in [1.807, 2.05) is 26.8 Å². The first-order valence-corrected chi connectivity index (χ1v) is 8.25. The van der Waals surface area contributed by atoms with Crippen molar-refractivity contribution < 1.29 is 14.6 Å². The van der Waals surface area contributed by atoms with Crippen molar-refractivity contribution in [3.05, 3.63) is 40.3 Å². The fourth-order valence-electron chi connectivity index (χ4n) is 2.30. The smallest absolute Gasteiger partial charge is 0.231 e. The van der Waals surface area contributed by atoms with Crippen LogP contribution in [0.1, 0.15) is 30.8 Å². The standard InChI is InChI=1S/C17H22N2O3S/c1-10(2)16(21)19(4)17-18-15(11(3)23-17)12-6-7-13(20)9-14(8-12)22-5/h6-7,9-10,20H,8H2,1-5H3. The van der Waals surface area contributed by atoms with Crippen molar-refractivity contribution in [2.45, 2.75) is 27.2 Å². The largest absolute Gasteiger partial charge is 0.508 e. The van der Waals surface area contributed by atoms with Crippen LogP contribution in [-0.4, -0.2) is 30.2 Å². The third-order valence-corrected chi connectivity index (χ3v) is 4.64. The second-order valence-corrected chi connectivity index (χ2v) is 6.91. The molecule has 1 heterocycles. The van der Waals surface area contributed by atoms with Crippen molar-refractivity contribution in [1.29, 1.82) is 0 Å². The second-order valence-electron chi connectivity index (χ2n) is 5.73. The molecule has 5 nitrogen and oxygen atoms in total. The molecule has 0 fully saturated rings. The number of anilines is 1. The van der Waals surface area contributed by atoms with E-state index in [1.54, 1.807) is 31.2 Å². The number of aliphatic hydroxyl groups excluding tert-OH is 1. The van der Waals surface area contributed by atoms with Gasteiger partial charge in [-0.25, -0.2) is 4.98 Å². The molecule has 23 heavy (non-hydrogen) atoms. The van der Waals surface area contributed by atoms with E-state index in [0.29, 0.717) is 17.3 Å². The first-order chi connectivity index (χ1) is 10.8. The van der Waals surface area contributed by atoms with Crippen LogP contribution in [-0.2, 0) is 9.53 Å². The molecular formula is C17H22N2O3S. The maximum absolute atomic E-state index is 12.1. The van der Waals surface area contributed by atoms with Crippen LogP contribution in [0.15, 0.2) is 29.7 Å². The summed E-state index contributed by atoms with van der Waals surface area (Å²) < 4.78 is 5.29.